The molecule has 2 aromatic heterocycles. The summed E-state index contributed by atoms with van der Waals surface area (Å²) in [5.41, 5.74) is 1.59. The van der Waals surface area contributed by atoms with E-state index >= 15 is 0 Å². The van der Waals surface area contributed by atoms with Crippen molar-refractivity contribution in [1.29, 1.82) is 0 Å². The molecule has 1 amide bonds. The van der Waals surface area contributed by atoms with Gasteiger partial charge in [-0.2, -0.15) is 0 Å². The minimum Gasteiger partial charge on any atom is -0.493 e. The summed E-state index contributed by atoms with van der Waals surface area (Å²) in [7, 11) is 3.20. The fourth-order valence-electron chi connectivity index (χ4n) is 3.43. The first kappa shape index (κ1) is 25.0. The fourth-order valence-corrected chi connectivity index (χ4v) is 4.93. The molecule has 10 heteroatoms. The van der Waals surface area contributed by atoms with Gasteiger partial charge in [0.2, 0.25) is 0 Å². The highest BCUT2D eigenvalue weighted by atomic mass is 32.2. The summed E-state index contributed by atoms with van der Waals surface area (Å²) in [6.07, 6.45) is 3.56. The summed E-state index contributed by atoms with van der Waals surface area (Å²) in [5, 5.41) is 13.4. The highest BCUT2D eigenvalue weighted by molar-refractivity contribution is 7.98. The second-order valence-electron chi connectivity index (χ2n) is 7.97. The minimum absolute atomic E-state index is 0.106. The summed E-state index contributed by atoms with van der Waals surface area (Å²) in [6, 6.07) is 5.62. The Balaban J connectivity index is 1.61. The molecule has 0 bridgehead atoms. The molecule has 0 aliphatic carbocycles. The molecule has 0 radical (unpaired) electrons. The minimum atomic E-state index is -0.106. The van der Waals surface area contributed by atoms with Crippen LogP contribution in [0.1, 0.15) is 41.5 Å². The van der Waals surface area contributed by atoms with Gasteiger partial charge in [-0.05, 0) is 43.7 Å². The number of hydrogen-bond acceptors (Lipinski definition) is 8. The smallest absolute Gasteiger partial charge is 0.263 e. The summed E-state index contributed by atoms with van der Waals surface area (Å²) in [6.45, 7) is 7.67. The van der Waals surface area contributed by atoms with Crippen LogP contribution < -0.4 is 14.8 Å². The number of amides is 1. The van der Waals surface area contributed by atoms with Crippen molar-refractivity contribution < 1.29 is 14.3 Å². The van der Waals surface area contributed by atoms with Crippen LogP contribution in [0.15, 0.2) is 23.4 Å². The maximum Gasteiger partial charge on any atom is 0.263 e. The predicted octanol–water partition coefficient (Wildman–Crippen LogP) is 4.47. The van der Waals surface area contributed by atoms with Gasteiger partial charge in [0.05, 0.1) is 19.9 Å². The molecule has 0 fully saturated rings. The molecule has 0 unspecified atom stereocenters. The maximum absolute atomic E-state index is 12.8. The molecular formula is C23H31N5O3S2. The van der Waals surface area contributed by atoms with Gasteiger partial charge in [-0.1, -0.05) is 25.6 Å². The lowest BCUT2D eigenvalue weighted by Crippen LogP contribution is -2.25. The Labute approximate surface area is 203 Å². The predicted molar refractivity (Wildman–Crippen MR) is 133 cm³/mol. The Kier molecular flexibility index (Phi) is 8.74. The molecule has 0 aliphatic heterocycles. The zero-order valence-electron chi connectivity index (χ0n) is 20.0. The zero-order valence-corrected chi connectivity index (χ0v) is 21.6. The molecule has 0 spiro atoms. The highest BCUT2D eigenvalue weighted by Crippen LogP contribution is 2.35. The van der Waals surface area contributed by atoms with Crippen LogP contribution in [-0.4, -0.2) is 52.7 Å². The van der Waals surface area contributed by atoms with Crippen LogP contribution >= 0.6 is 23.1 Å². The number of thiazole rings is 1. The van der Waals surface area contributed by atoms with Crippen molar-refractivity contribution >= 4 is 29.0 Å². The third kappa shape index (κ3) is 6.05. The van der Waals surface area contributed by atoms with E-state index < -0.39 is 0 Å². The molecule has 8 nitrogen and oxygen atoms in total. The number of nitrogens with zero attached hydrogens (tertiary/aromatic N) is 4. The number of methoxy groups -OCH3 is 2. The number of thioether (sulfide) groups is 1. The number of aryl methyl sites for hydroxylation is 2. The molecule has 1 N–H and O–H groups in total. The Morgan fingerprint density at radius 1 is 1.21 bits per heavy atom. The summed E-state index contributed by atoms with van der Waals surface area (Å²) in [4.78, 5) is 18.0. The molecule has 178 valence electrons. The topological polar surface area (TPSA) is 91.2 Å². The normalized spacial score (nSPS) is 11.1. The van der Waals surface area contributed by atoms with E-state index in [9.17, 15) is 4.79 Å². The molecule has 0 atom stereocenters. The number of nitrogens with one attached hydrogen (secondary N) is 1. The van der Waals surface area contributed by atoms with Gasteiger partial charge in [0.25, 0.3) is 5.91 Å². The van der Waals surface area contributed by atoms with Gasteiger partial charge >= 0.3 is 0 Å². The fraction of sp³-hybridized carbons (Fsp3) is 0.478. The van der Waals surface area contributed by atoms with Gasteiger partial charge in [0, 0.05) is 25.1 Å². The number of benzene rings is 1. The molecule has 0 saturated heterocycles. The average Bonchev–Trinajstić information content (AvgIpc) is 3.38. The zero-order chi connectivity index (χ0) is 24.0. The molecule has 2 heterocycles. The number of hydrogen-bond donors (Lipinski definition) is 1. The lowest BCUT2D eigenvalue weighted by Gasteiger charge is -2.11. The van der Waals surface area contributed by atoms with Crippen molar-refractivity contribution in [1.82, 2.24) is 25.1 Å². The summed E-state index contributed by atoms with van der Waals surface area (Å²) >= 11 is 2.98. The van der Waals surface area contributed by atoms with Crippen LogP contribution in [0.3, 0.4) is 0 Å². The molecule has 1 aromatic carbocycles. The van der Waals surface area contributed by atoms with E-state index in [-0.39, 0.29) is 5.91 Å². The molecule has 0 aliphatic rings. The number of carbonyl (C=O) groups excluding carboxylic acids is 1. The van der Waals surface area contributed by atoms with E-state index in [1.807, 2.05) is 31.4 Å². The van der Waals surface area contributed by atoms with Gasteiger partial charge in [-0.3, -0.25) is 4.79 Å². The first-order chi connectivity index (χ1) is 15.9. The van der Waals surface area contributed by atoms with Crippen molar-refractivity contribution in [3.05, 3.63) is 34.6 Å². The van der Waals surface area contributed by atoms with E-state index in [0.29, 0.717) is 34.5 Å². The Morgan fingerprint density at radius 2 is 1.97 bits per heavy atom. The van der Waals surface area contributed by atoms with Gasteiger partial charge in [0.1, 0.15) is 15.7 Å². The van der Waals surface area contributed by atoms with Crippen molar-refractivity contribution in [2.24, 2.45) is 5.92 Å². The maximum atomic E-state index is 12.8. The van der Waals surface area contributed by atoms with Gasteiger partial charge < -0.3 is 19.4 Å². The lowest BCUT2D eigenvalue weighted by atomic mass is 10.2. The van der Waals surface area contributed by atoms with E-state index in [0.717, 1.165) is 40.9 Å². The van der Waals surface area contributed by atoms with Crippen molar-refractivity contribution in [3.8, 4) is 22.1 Å². The first-order valence-electron chi connectivity index (χ1n) is 10.8. The quantitative estimate of drug-likeness (QED) is 0.314. The SMILES string of the molecule is COc1ccc(-c2nc(C)c(C(=O)NCCCc3nnc(SC)n3CC(C)C)s2)cc1OC. The highest BCUT2D eigenvalue weighted by Gasteiger charge is 2.18. The van der Waals surface area contributed by atoms with Crippen LogP contribution in [0.2, 0.25) is 0 Å². The van der Waals surface area contributed by atoms with Crippen LogP contribution in [0.4, 0.5) is 0 Å². The lowest BCUT2D eigenvalue weighted by molar-refractivity contribution is 0.0956. The van der Waals surface area contributed by atoms with Gasteiger partial charge in [0.15, 0.2) is 16.7 Å². The molecule has 33 heavy (non-hydrogen) atoms. The third-order valence-corrected chi connectivity index (χ3v) is 6.89. The standard InChI is InChI=1S/C23H31N5O3S2/c1-14(2)13-28-19(26-27-23(28)32-6)8-7-11-24-21(29)20-15(3)25-22(33-20)16-9-10-17(30-4)18(12-16)31-5/h9-10,12,14H,7-8,11,13H2,1-6H3,(H,24,29). The van der Waals surface area contributed by atoms with Gasteiger partial charge in [-0.25, -0.2) is 4.98 Å². The number of ether oxygens (including phenoxy) is 2. The van der Waals surface area contributed by atoms with Crippen LogP contribution in [-0.2, 0) is 13.0 Å². The summed E-state index contributed by atoms with van der Waals surface area (Å²) in [5.74, 6) is 2.65. The van der Waals surface area contributed by atoms with E-state index in [1.54, 1.807) is 26.0 Å². The largest absolute Gasteiger partial charge is 0.493 e. The monoisotopic (exact) mass is 489 g/mol. The Bertz CT molecular complexity index is 1090. The molecule has 0 saturated carbocycles. The average molecular weight is 490 g/mol. The van der Waals surface area contributed by atoms with E-state index in [1.165, 1.54) is 11.3 Å². The number of carbonyl (C=O) groups is 1. The van der Waals surface area contributed by atoms with Crippen LogP contribution in [0, 0.1) is 12.8 Å². The van der Waals surface area contributed by atoms with Crippen LogP contribution in [0.5, 0.6) is 11.5 Å². The van der Waals surface area contributed by atoms with Crippen molar-refractivity contribution in [3.63, 3.8) is 0 Å². The van der Waals surface area contributed by atoms with E-state index in [4.69, 9.17) is 9.47 Å². The molecular weight excluding hydrogens is 458 g/mol. The number of aromatic nitrogens is 4. The van der Waals surface area contributed by atoms with Crippen molar-refractivity contribution in [2.45, 2.75) is 45.3 Å². The Morgan fingerprint density at radius 3 is 2.64 bits per heavy atom. The summed E-state index contributed by atoms with van der Waals surface area (Å²) < 4.78 is 12.9. The molecule has 3 aromatic rings. The third-order valence-electron chi connectivity index (χ3n) is 5.02. The van der Waals surface area contributed by atoms with E-state index in [2.05, 4.69) is 38.9 Å². The second kappa shape index (κ2) is 11.5. The number of rotatable bonds is 11. The van der Waals surface area contributed by atoms with Gasteiger partial charge in [-0.15, -0.1) is 21.5 Å². The first-order valence-corrected chi connectivity index (χ1v) is 12.9. The Hall–Kier alpha value is -2.59. The van der Waals surface area contributed by atoms with Crippen LogP contribution in [0.25, 0.3) is 10.6 Å². The molecule has 3 rings (SSSR count). The second-order valence-corrected chi connectivity index (χ2v) is 9.74. The van der Waals surface area contributed by atoms with Crippen molar-refractivity contribution in [2.75, 3.05) is 27.0 Å².